The Bertz CT molecular complexity index is 365. The summed E-state index contributed by atoms with van der Waals surface area (Å²) in [6, 6.07) is 1.82. The summed E-state index contributed by atoms with van der Waals surface area (Å²) in [5, 5.41) is 3.97. The van der Waals surface area contributed by atoms with Gasteiger partial charge in [0.25, 0.3) is 11.8 Å². The molecule has 0 aromatic carbocycles. The molecule has 16 heavy (non-hydrogen) atoms. The van der Waals surface area contributed by atoms with Crippen molar-refractivity contribution in [2.45, 2.75) is 19.3 Å². The second-order valence-electron chi connectivity index (χ2n) is 3.37. The number of rotatable bonds is 5. The number of carbonyl (C=O) groups excluding carboxylic acids is 1. The molecular formula is C10H14F2N2OS. The van der Waals surface area contributed by atoms with Crippen LogP contribution in [0.2, 0.25) is 0 Å². The Labute approximate surface area is 96.6 Å². The lowest BCUT2D eigenvalue weighted by Gasteiger charge is -2.14. The molecule has 0 aliphatic rings. The predicted octanol–water partition coefficient (Wildman–Crippen LogP) is 1.63. The Balaban J connectivity index is 2.60. The quantitative estimate of drug-likeness (QED) is 0.832. The van der Waals surface area contributed by atoms with Gasteiger partial charge >= 0.3 is 0 Å². The van der Waals surface area contributed by atoms with Crippen molar-refractivity contribution in [2.24, 2.45) is 5.73 Å². The van der Waals surface area contributed by atoms with Crippen molar-refractivity contribution in [3.63, 3.8) is 0 Å². The first-order chi connectivity index (χ1) is 7.50. The van der Waals surface area contributed by atoms with Crippen molar-refractivity contribution >= 4 is 17.2 Å². The van der Waals surface area contributed by atoms with E-state index in [1.165, 1.54) is 11.3 Å². The number of nitrogens with two attached hydrogens (primary N) is 1. The fourth-order valence-corrected chi connectivity index (χ4v) is 2.09. The molecule has 0 saturated carbocycles. The van der Waals surface area contributed by atoms with Crippen molar-refractivity contribution in [2.75, 3.05) is 13.1 Å². The molecule has 0 saturated heterocycles. The number of alkyl halides is 2. The zero-order valence-electron chi connectivity index (χ0n) is 8.93. The van der Waals surface area contributed by atoms with Crippen molar-refractivity contribution in [3.8, 4) is 0 Å². The average molecular weight is 248 g/mol. The highest BCUT2D eigenvalue weighted by molar-refractivity contribution is 7.12. The van der Waals surface area contributed by atoms with E-state index in [2.05, 4.69) is 5.32 Å². The standard InChI is InChI=1S/C10H14F2N2OS/c1-2-7-3-4-16-8(7)9(15)14-6-10(11,12)5-13/h3-4H,2,5-6,13H2,1H3,(H,14,15). The maximum atomic E-state index is 12.8. The molecule has 0 spiro atoms. The summed E-state index contributed by atoms with van der Waals surface area (Å²) in [7, 11) is 0. The summed E-state index contributed by atoms with van der Waals surface area (Å²) in [5.41, 5.74) is 5.74. The Morgan fingerprint density at radius 1 is 1.62 bits per heavy atom. The highest BCUT2D eigenvalue weighted by Crippen LogP contribution is 2.17. The summed E-state index contributed by atoms with van der Waals surface area (Å²) in [5.74, 6) is -3.50. The SMILES string of the molecule is CCc1ccsc1C(=O)NCC(F)(F)CN. The van der Waals surface area contributed by atoms with Gasteiger partial charge in [0.15, 0.2) is 0 Å². The molecule has 90 valence electrons. The van der Waals surface area contributed by atoms with Crippen LogP contribution in [0.4, 0.5) is 8.78 Å². The summed E-state index contributed by atoms with van der Waals surface area (Å²) in [6.45, 7) is 0.426. The van der Waals surface area contributed by atoms with E-state index in [0.717, 1.165) is 5.56 Å². The van der Waals surface area contributed by atoms with Crippen LogP contribution in [-0.2, 0) is 6.42 Å². The van der Waals surface area contributed by atoms with Gasteiger partial charge in [-0.3, -0.25) is 4.79 Å². The smallest absolute Gasteiger partial charge is 0.277 e. The Morgan fingerprint density at radius 2 is 2.31 bits per heavy atom. The first-order valence-electron chi connectivity index (χ1n) is 4.92. The highest BCUT2D eigenvalue weighted by Gasteiger charge is 2.27. The van der Waals surface area contributed by atoms with Gasteiger partial charge in [-0.25, -0.2) is 8.78 Å². The molecule has 1 heterocycles. The van der Waals surface area contributed by atoms with E-state index in [-0.39, 0.29) is 0 Å². The number of hydrogen-bond acceptors (Lipinski definition) is 3. The van der Waals surface area contributed by atoms with Gasteiger partial charge in [0.2, 0.25) is 0 Å². The lowest BCUT2D eigenvalue weighted by atomic mass is 10.2. The third-order valence-electron chi connectivity index (χ3n) is 2.14. The summed E-state index contributed by atoms with van der Waals surface area (Å²) in [6.07, 6.45) is 0.708. The van der Waals surface area contributed by atoms with Crippen LogP contribution in [0.3, 0.4) is 0 Å². The van der Waals surface area contributed by atoms with Crippen LogP contribution in [-0.4, -0.2) is 24.9 Å². The minimum Gasteiger partial charge on any atom is -0.345 e. The highest BCUT2D eigenvalue weighted by atomic mass is 32.1. The number of aryl methyl sites for hydroxylation is 1. The fraction of sp³-hybridized carbons (Fsp3) is 0.500. The average Bonchev–Trinajstić information content (AvgIpc) is 2.74. The second-order valence-corrected chi connectivity index (χ2v) is 4.29. The molecule has 0 unspecified atom stereocenters. The van der Waals surface area contributed by atoms with Gasteiger partial charge in [-0.05, 0) is 23.4 Å². The monoisotopic (exact) mass is 248 g/mol. The normalized spacial score (nSPS) is 11.5. The maximum Gasteiger partial charge on any atom is 0.277 e. The van der Waals surface area contributed by atoms with Crippen LogP contribution in [0.5, 0.6) is 0 Å². The first kappa shape index (κ1) is 13.1. The number of nitrogens with one attached hydrogen (secondary N) is 1. The predicted molar refractivity (Wildman–Crippen MR) is 60.0 cm³/mol. The van der Waals surface area contributed by atoms with E-state index in [1.54, 1.807) is 5.38 Å². The molecular weight excluding hydrogens is 234 g/mol. The van der Waals surface area contributed by atoms with Crippen molar-refractivity contribution in [3.05, 3.63) is 21.9 Å². The van der Waals surface area contributed by atoms with Crippen LogP contribution in [0.1, 0.15) is 22.2 Å². The van der Waals surface area contributed by atoms with Crippen LogP contribution in [0, 0.1) is 0 Å². The number of halogens is 2. The minimum atomic E-state index is -3.04. The number of hydrogen-bond donors (Lipinski definition) is 2. The van der Waals surface area contributed by atoms with Crippen LogP contribution < -0.4 is 11.1 Å². The molecule has 0 atom stereocenters. The Kier molecular flexibility index (Phi) is 4.37. The molecule has 0 aliphatic heterocycles. The lowest BCUT2D eigenvalue weighted by molar-refractivity contribution is 0.0119. The van der Waals surface area contributed by atoms with Gasteiger partial charge in [-0.1, -0.05) is 6.92 Å². The molecule has 1 aromatic heterocycles. The van der Waals surface area contributed by atoms with Crippen molar-refractivity contribution < 1.29 is 13.6 Å². The first-order valence-corrected chi connectivity index (χ1v) is 5.80. The van der Waals surface area contributed by atoms with E-state index >= 15 is 0 Å². The lowest BCUT2D eigenvalue weighted by Crippen LogP contribution is -2.41. The Hall–Kier alpha value is -1.01. The summed E-state index contributed by atoms with van der Waals surface area (Å²) >= 11 is 1.25. The summed E-state index contributed by atoms with van der Waals surface area (Å²) in [4.78, 5) is 12.1. The van der Waals surface area contributed by atoms with Gasteiger partial charge in [0.05, 0.1) is 18.0 Å². The van der Waals surface area contributed by atoms with E-state index < -0.39 is 24.9 Å². The third kappa shape index (κ3) is 3.24. The minimum absolute atomic E-state index is 0.458. The molecule has 0 bridgehead atoms. The molecule has 3 N–H and O–H groups in total. The molecule has 1 amide bonds. The van der Waals surface area contributed by atoms with Gasteiger partial charge in [-0.2, -0.15) is 0 Å². The Morgan fingerprint density at radius 3 is 2.88 bits per heavy atom. The molecule has 1 rings (SSSR count). The number of carbonyl (C=O) groups is 1. The number of thiophene rings is 1. The molecule has 0 fully saturated rings. The molecule has 1 aromatic rings. The topological polar surface area (TPSA) is 55.1 Å². The zero-order chi connectivity index (χ0) is 12.2. The van der Waals surface area contributed by atoms with E-state index in [1.807, 2.05) is 13.0 Å². The second kappa shape index (κ2) is 5.36. The van der Waals surface area contributed by atoms with Gasteiger partial charge in [-0.15, -0.1) is 11.3 Å². The molecule has 6 heteroatoms. The molecule has 3 nitrogen and oxygen atoms in total. The van der Waals surface area contributed by atoms with Crippen LogP contribution >= 0.6 is 11.3 Å². The van der Waals surface area contributed by atoms with Crippen LogP contribution in [0.15, 0.2) is 11.4 Å². The van der Waals surface area contributed by atoms with Crippen molar-refractivity contribution in [1.29, 1.82) is 0 Å². The maximum absolute atomic E-state index is 12.8. The van der Waals surface area contributed by atoms with Gasteiger partial charge in [0.1, 0.15) is 0 Å². The largest absolute Gasteiger partial charge is 0.345 e. The van der Waals surface area contributed by atoms with E-state index in [4.69, 9.17) is 5.73 Å². The molecule has 0 aliphatic carbocycles. The van der Waals surface area contributed by atoms with Crippen LogP contribution in [0.25, 0.3) is 0 Å². The molecule has 0 radical (unpaired) electrons. The van der Waals surface area contributed by atoms with Gasteiger partial charge < -0.3 is 11.1 Å². The number of amides is 1. The van der Waals surface area contributed by atoms with E-state index in [9.17, 15) is 13.6 Å². The zero-order valence-corrected chi connectivity index (χ0v) is 9.74. The van der Waals surface area contributed by atoms with Gasteiger partial charge in [0, 0.05) is 0 Å². The fourth-order valence-electron chi connectivity index (χ4n) is 1.18. The van der Waals surface area contributed by atoms with E-state index in [0.29, 0.717) is 11.3 Å². The third-order valence-corrected chi connectivity index (χ3v) is 3.10. The van der Waals surface area contributed by atoms with Crippen molar-refractivity contribution in [1.82, 2.24) is 5.32 Å². The summed E-state index contributed by atoms with van der Waals surface area (Å²) < 4.78 is 25.6.